The van der Waals surface area contributed by atoms with Gasteiger partial charge in [0.15, 0.2) is 5.78 Å². The van der Waals surface area contributed by atoms with E-state index in [0.717, 1.165) is 17.0 Å². The number of Topliss-reactive ketones (excluding diaryl/α,β-unsaturated/α-hetero) is 1. The van der Waals surface area contributed by atoms with E-state index < -0.39 is 10.0 Å². The van der Waals surface area contributed by atoms with Crippen molar-refractivity contribution in [2.75, 3.05) is 32.7 Å². The van der Waals surface area contributed by atoms with Gasteiger partial charge in [-0.15, -0.1) is 0 Å². The minimum Gasteiger partial charge on any atom is -0.345 e. The van der Waals surface area contributed by atoms with Crippen LogP contribution in [0.3, 0.4) is 0 Å². The number of hydrogen-bond donors (Lipinski definition) is 0. The van der Waals surface area contributed by atoms with Crippen molar-refractivity contribution in [3.05, 3.63) is 52.3 Å². The quantitative estimate of drug-likeness (QED) is 0.606. The Morgan fingerprint density at radius 1 is 1.03 bits per heavy atom. The molecular formula is C23H30ClN3O3S. The fourth-order valence-electron chi connectivity index (χ4n) is 4.96. The lowest BCUT2D eigenvalue weighted by Gasteiger charge is -2.33. The van der Waals surface area contributed by atoms with Gasteiger partial charge in [-0.2, -0.15) is 4.31 Å². The fourth-order valence-corrected chi connectivity index (χ4v) is 6.50. The molecule has 2 aromatic rings. The molecule has 1 aromatic heterocycles. The fraction of sp³-hybridized carbons (Fsp3) is 0.522. The molecule has 0 amide bonds. The third kappa shape index (κ3) is 4.60. The Bertz CT molecular complexity index is 1050. The van der Waals surface area contributed by atoms with Crippen LogP contribution in [0.25, 0.3) is 0 Å². The molecule has 0 bridgehead atoms. The van der Waals surface area contributed by atoms with Gasteiger partial charge in [0.2, 0.25) is 10.0 Å². The Balaban J connectivity index is 1.38. The van der Waals surface area contributed by atoms with Crippen molar-refractivity contribution < 1.29 is 13.2 Å². The molecule has 1 saturated heterocycles. The van der Waals surface area contributed by atoms with Crippen LogP contribution in [0, 0.1) is 13.8 Å². The molecule has 168 valence electrons. The average Bonchev–Trinajstić information content (AvgIpc) is 3.36. The lowest BCUT2D eigenvalue weighted by molar-refractivity contribution is 0.0901. The van der Waals surface area contributed by atoms with Crippen LogP contribution in [-0.4, -0.2) is 60.7 Å². The molecule has 4 rings (SSSR count). The second-order valence-electron chi connectivity index (χ2n) is 8.65. The van der Waals surface area contributed by atoms with Gasteiger partial charge >= 0.3 is 0 Å². The zero-order valence-corrected chi connectivity index (χ0v) is 19.8. The third-order valence-corrected chi connectivity index (χ3v) is 8.79. The Hall–Kier alpha value is -1.67. The summed E-state index contributed by atoms with van der Waals surface area (Å²) in [4.78, 5) is 15.4. The number of nitrogens with zero attached hydrogens (tertiary/aromatic N) is 3. The standard InChI is InChI=1S/C23H30ClN3O3S/c1-17-15-22(18(2)27(17)20-5-3-4-6-20)23(28)16-25-11-13-26(14-12-25)31(29,30)21-9-7-19(24)8-10-21/h7-10,15,20H,3-6,11-14,16H2,1-2H3. The zero-order chi connectivity index (χ0) is 22.2. The van der Waals surface area contributed by atoms with E-state index in [-0.39, 0.29) is 10.7 Å². The number of ketones is 1. The number of halogens is 1. The normalized spacial score (nSPS) is 19.2. The number of carbonyl (C=O) groups is 1. The second-order valence-corrected chi connectivity index (χ2v) is 11.0. The molecule has 0 N–H and O–H groups in total. The van der Waals surface area contributed by atoms with Crippen molar-refractivity contribution in [2.45, 2.75) is 50.5 Å². The first-order valence-corrected chi connectivity index (χ1v) is 12.8. The number of aromatic nitrogens is 1. The number of carbonyl (C=O) groups excluding carboxylic acids is 1. The number of benzene rings is 1. The van der Waals surface area contributed by atoms with Crippen molar-refractivity contribution in [3.63, 3.8) is 0 Å². The predicted molar refractivity (Wildman–Crippen MR) is 122 cm³/mol. The summed E-state index contributed by atoms with van der Waals surface area (Å²) in [6, 6.07) is 8.79. The summed E-state index contributed by atoms with van der Waals surface area (Å²) >= 11 is 5.88. The smallest absolute Gasteiger partial charge is 0.243 e. The minimum absolute atomic E-state index is 0.117. The summed E-state index contributed by atoms with van der Waals surface area (Å²) in [5, 5.41) is 0.509. The molecule has 2 fully saturated rings. The molecule has 1 saturated carbocycles. The maximum Gasteiger partial charge on any atom is 0.243 e. The van der Waals surface area contributed by atoms with Crippen LogP contribution in [-0.2, 0) is 10.0 Å². The molecule has 6 nitrogen and oxygen atoms in total. The molecule has 1 aromatic carbocycles. The molecule has 0 radical (unpaired) electrons. The summed E-state index contributed by atoms with van der Waals surface area (Å²) in [5.41, 5.74) is 3.03. The van der Waals surface area contributed by atoms with E-state index in [1.165, 1.54) is 42.1 Å². The second kappa shape index (κ2) is 9.06. The molecule has 2 aliphatic rings. The van der Waals surface area contributed by atoms with Crippen LogP contribution >= 0.6 is 11.6 Å². The molecular weight excluding hydrogens is 434 g/mol. The molecule has 8 heteroatoms. The highest BCUT2D eigenvalue weighted by molar-refractivity contribution is 7.89. The molecule has 1 aliphatic carbocycles. The van der Waals surface area contributed by atoms with E-state index in [9.17, 15) is 13.2 Å². The van der Waals surface area contributed by atoms with E-state index in [2.05, 4.69) is 23.3 Å². The van der Waals surface area contributed by atoms with E-state index in [1.54, 1.807) is 12.1 Å². The number of sulfonamides is 1. The van der Waals surface area contributed by atoms with Gasteiger partial charge in [0.25, 0.3) is 0 Å². The molecule has 31 heavy (non-hydrogen) atoms. The number of hydrogen-bond acceptors (Lipinski definition) is 4. The van der Waals surface area contributed by atoms with E-state index in [0.29, 0.717) is 43.8 Å². The molecule has 0 unspecified atom stereocenters. The monoisotopic (exact) mass is 463 g/mol. The molecule has 2 heterocycles. The summed E-state index contributed by atoms with van der Waals surface area (Å²) in [5.74, 6) is 0.117. The molecule has 0 spiro atoms. The Kier molecular flexibility index (Phi) is 6.58. The number of rotatable bonds is 6. The van der Waals surface area contributed by atoms with Crippen molar-refractivity contribution in [2.24, 2.45) is 0 Å². The van der Waals surface area contributed by atoms with Crippen molar-refractivity contribution in [3.8, 4) is 0 Å². The van der Waals surface area contributed by atoms with Crippen molar-refractivity contribution in [1.82, 2.24) is 13.8 Å². The Morgan fingerprint density at radius 2 is 1.65 bits per heavy atom. The topological polar surface area (TPSA) is 62.6 Å². The first kappa shape index (κ1) is 22.5. The van der Waals surface area contributed by atoms with E-state index >= 15 is 0 Å². The highest BCUT2D eigenvalue weighted by atomic mass is 35.5. The van der Waals surface area contributed by atoms with Gasteiger partial charge in [0, 0.05) is 54.2 Å². The highest BCUT2D eigenvalue weighted by Gasteiger charge is 2.30. The van der Waals surface area contributed by atoms with Crippen molar-refractivity contribution in [1.29, 1.82) is 0 Å². The maximum absolute atomic E-state index is 13.0. The summed E-state index contributed by atoms with van der Waals surface area (Å²) < 4.78 is 29.5. The third-order valence-electron chi connectivity index (χ3n) is 6.62. The highest BCUT2D eigenvalue weighted by Crippen LogP contribution is 2.33. The number of piperazine rings is 1. The summed E-state index contributed by atoms with van der Waals surface area (Å²) in [7, 11) is -3.54. The van der Waals surface area contributed by atoms with Gasteiger partial charge in [0.1, 0.15) is 0 Å². The van der Waals surface area contributed by atoms with Crippen molar-refractivity contribution >= 4 is 27.4 Å². The van der Waals surface area contributed by atoms with Crippen LogP contribution in [0.4, 0.5) is 0 Å². The zero-order valence-electron chi connectivity index (χ0n) is 18.2. The van der Waals surface area contributed by atoms with Crippen LogP contribution in [0.2, 0.25) is 5.02 Å². The van der Waals surface area contributed by atoms with Crippen LogP contribution in [0.5, 0.6) is 0 Å². The molecule has 0 atom stereocenters. The molecule has 1 aliphatic heterocycles. The lowest BCUT2D eigenvalue weighted by Crippen LogP contribution is -2.49. The SMILES string of the molecule is Cc1cc(C(=O)CN2CCN(S(=O)(=O)c3ccc(Cl)cc3)CC2)c(C)n1C1CCCC1. The maximum atomic E-state index is 13.0. The van der Waals surface area contributed by atoms with Gasteiger partial charge in [0.05, 0.1) is 11.4 Å². The predicted octanol–water partition coefficient (Wildman–Crippen LogP) is 4.06. The largest absolute Gasteiger partial charge is 0.345 e. The van der Waals surface area contributed by atoms with Gasteiger partial charge in [-0.3, -0.25) is 9.69 Å². The Morgan fingerprint density at radius 3 is 2.26 bits per heavy atom. The number of aryl methyl sites for hydroxylation is 1. The lowest BCUT2D eigenvalue weighted by atomic mass is 10.1. The first-order chi connectivity index (χ1) is 14.8. The summed E-state index contributed by atoms with van der Waals surface area (Å²) in [6.45, 7) is 6.29. The van der Waals surface area contributed by atoms with E-state index in [4.69, 9.17) is 11.6 Å². The van der Waals surface area contributed by atoms with E-state index in [1.807, 2.05) is 6.07 Å². The summed E-state index contributed by atoms with van der Waals surface area (Å²) in [6.07, 6.45) is 4.89. The van der Waals surface area contributed by atoms with Gasteiger partial charge < -0.3 is 4.57 Å². The Labute approximate surface area is 189 Å². The first-order valence-electron chi connectivity index (χ1n) is 11.0. The van der Waals surface area contributed by atoms with Crippen LogP contribution < -0.4 is 0 Å². The average molecular weight is 464 g/mol. The van der Waals surface area contributed by atoms with Gasteiger partial charge in [-0.05, 0) is 57.0 Å². The van der Waals surface area contributed by atoms with Gasteiger partial charge in [-0.25, -0.2) is 8.42 Å². The van der Waals surface area contributed by atoms with Gasteiger partial charge in [-0.1, -0.05) is 24.4 Å². The van der Waals surface area contributed by atoms with Crippen LogP contribution in [0.1, 0.15) is 53.5 Å². The van der Waals surface area contributed by atoms with Crippen LogP contribution in [0.15, 0.2) is 35.2 Å². The minimum atomic E-state index is -3.54.